The highest BCUT2D eigenvalue weighted by atomic mass is 35.5. The predicted molar refractivity (Wildman–Crippen MR) is 73.1 cm³/mol. The van der Waals surface area contributed by atoms with Crippen molar-refractivity contribution in [3.05, 3.63) is 23.0 Å². The van der Waals surface area contributed by atoms with Crippen LogP contribution in [0.2, 0.25) is 5.15 Å². The molecule has 0 spiro atoms. The molecule has 0 aromatic carbocycles. The lowest BCUT2D eigenvalue weighted by atomic mass is 10.1. The van der Waals surface area contributed by atoms with Gasteiger partial charge < -0.3 is 14.4 Å². The normalized spacial score (nSPS) is 17.8. The number of aromatic nitrogens is 1. The molecule has 1 aromatic heterocycles. The SMILES string of the molecule is COC(=O)c1ccnc(Cl)c1N1CC(C(=O)OC)CC1=O. The number of ether oxygens (including phenoxy) is 2. The van der Waals surface area contributed by atoms with E-state index in [1.165, 1.54) is 31.4 Å². The third-order valence-corrected chi connectivity index (χ3v) is 3.49. The molecule has 1 atom stereocenters. The number of carbonyl (C=O) groups excluding carboxylic acids is 3. The second-order valence-corrected chi connectivity index (χ2v) is 4.78. The summed E-state index contributed by atoms with van der Waals surface area (Å²) >= 11 is 6.01. The fraction of sp³-hybridized carbons (Fsp3) is 0.385. The number of methoxy groups -OCH3 is 2. The van der Waals surface area contributed by atoms with Crippen molar-refractivity contribution in [2.45, 2.75) is 6.42 Å². The first-order valence-corrected chi connectivity index (χ1v) is 6.48. The van der Waals surface area contributed by atoms with E-state index in [1.807, 2.05) is 0 Å². The van der Waals surface area contributed by atoms with E-state index >= 15 is 0 Å². The Hall–Kier alpha value is -2.15. The number of carbonyl (C=O) groups is 3. The van der Waals surface area contributed by atoms with Gasteiger partial charge in [-0.1, -0.05) is 11.6 Å². The van der Waals surface area contributed by atoms with Crippen molar-refractivity contribution in [2.24, 2.45) is 5.92 Å². The lowest BCUT2D eigenvalue weighted by Gasteiger charge is -2.19. The van der Waals surface area contributed by atoms with E-state index in [-0.39, 0.29) is 35.3 Å². The first-order chi connectivity index (χ1) is 9.99. The van der Waals surface area contributed by atoms with Crippen molar-refractivity contribution in [1.29, 1.82) is 0 Å². The summed E-state index contributed by atoms with van der Waals surface area (Å²) in [5, 5.41) is -0.00299. The average Bonchev–Trinajstić information content (AvgIpc) is 2.87. The van der Waals surface area contributed by atoms with Crippen molar-refractivity contribution in [3.8, 4) is 0 Å². The maximum Gasteiger partial charge on any atom is 0.340 e. The smallest absolute Gasteiger partial charge is 0.340 e. The minimum atomic E-state index is -0.636. The quantitative estimate of drug-likeness (QED) is 0.612. The molecule has 2 rings (SSSR count). The lowest BCUT2D eigenvalue weighted by molar-refractivity contribution is -0.145. The van der Waals surface area contributed by atoms with Gasteiger partial charge in [0, 0.05) is 19.2 Å². The molecule has 0 aliphatic carbocycles. The monoisotopic (exact) mass is 312 g/mol. The number of anilines is 1. The van der Waals surface area contributed by atoms with Gasteiger partial charge in [-0.15, -0.1) is 0 Å². The standard InChI is InChI=1S/C13H13ClN2O5/c1-20-12(18)7-5-9(17)16(6-7)10-8(13(19)21-2)3-4-15-11(10)14/h3-4,7H,5-6H2,1-2H3. The Labute approximate surface area is 125 Å². The number of rotatable bonds is 3. The van der Waals surface area contributed by atoms with E-state index in [1.54, 1.807) is 0 Å². The van der Waals surface area contributed by atoms with Crippen LogP contribution in [0.15, 0.2) is 12.3 Å². The number of halogens is 1. The van der Waals surface area contributed by atoms with Crippen molar-refractivity contribution >= 4 is 35.1 Å². The van der Waals surface area contributed by atoms with Gasteiger partial charge in [0.05, 0.1) is 31.4 Å². The maximum absolute atomic E-state index is 12.1. The third kappa shape index (κ3) is 2.82. The molecule has 2 heterocycles. The predicted octanol–water partition coefficient (Wildman–Crippen LogP) is 1.05. The fourth-order valence-electron chi connectivity index (χ4n) is 2.21. The zero-order chi connectivity index (χ0) is 15.6. The second-order valence-electron chi connectivity index (χ2n) is 4.42. The van der Waals surface area contributed by atoms with Gasteiger partial charge >= 0.3 is 11.9 Å². The minimum Gasteiger partial charge on any atom is -0.469 e. The molecule has 1 fully saturated rings. The summed E-state index contributed by atoms with van der Waals surface area (Å²) < 4.78 is 9.30. The van der Waals surface area contributed by atoms with Gasteiger partial charge in [0.15, 0.2) is 5.15 Å². The van der Waals surface area contributed by atoms with Crippen molar-refractivity contribution in [3.63, 3.8) is 0 Å². The summed E-state index contributed by atoms with van der Waals surface area (Å²) in [6, 6.07) is 1.41. The van der Waals surface area contributed by atoms with Crippen LogP contribution < -0.4 is 4.90 Å². The second kappa shape index (κ2) is 6.09. The van der Waals surface area contributed by atoms with E-state index < -0.39 is 17.9 Å². The van der Waals surface area contributed by atoms with E-state index in [0.29, 0.717) is 0 Å². The number of hydrogen-bond acceptors (Lipinski definition) is 6. The number of esters is 2. The van der Waals surface area contributed by atoms with Crippen LogP contribution in [0.5, 0.6) is 0 Å². The molecule has 1 unspecified atom stereocenters. The van der Waals surface area contributed by atoms with Gasteiger partial charge in [0.25, 0.3) is 0 Å². The van der Waals surface area contributed by atoms with Crippen molar-refractivity contribution in [1.82, 2.24) is 4.98 Å². The Kier molecular flexibility index (Phi) is 4.42. The highest BCUT2D eigenvalue weighted by molar-refractivity contribution is 6.33. The Balaban J connectivity index is 2.40. The number of hydrogen-bond donors (Lipinski definition) is 0. The van der Waals surface area contributed by atoms with Gasteiger partial charge in [0.2, 0.25) is 5.91 Å². The van der Waals surface area contributed by atoms with Crippen molar-refractivity contribution in [2.75, 3.05) is 25.7 Å². The third-order valence-electron chi connectivity index (χ3n) is 3.21. The summed E-state index contributed by atoms with van der Waals surface area (Å²) in [7, 11) is 2.48. The fourth-order valence-corrected chi connectivity index (χ4v) is 2.47. The van der Waals surface area contributed by atoms with Crippen molar-refractivity contribution < 1.29 is 23.9 Å². The van der Waals surface area contributed by atoms with Crippen LogP contribution in [-0.2, 0) is 19.1 Å². The highest BCUT2D eigenvalue weighted by Crippen LogP contribution is 2.33. The molecule has 1 aliphatic heterocycles. The van der Waals surface area contributed by atoms with Crippen LogP contribution in [0.1, 0.15) is 16.8 Å². The average molecular weight is 313 g/mol. The molecule has 21 heavy (non-hydrogen) atoms. The zero-order valence-corrected chi connectivity index (χ0v) is 12.2. The topological polar surface area (TPSA) is 85.8 Å². The van der Waals surface area contributed by atoms with E-state index in [2.05, 4.69) is 14.5 Å². The molecule has 112 valence electrons. The number of pyridine rings is 1. The molecule has 8 heteroatoms. The summed E-state index contributed by atoms with van der Waals surface area (Å²) in [4.78, 5) is 40.6. The van der Waals surface area contributed by atoms with Crippen LogP contribution in [0.25, 0.3) is 0 Å². The van der Waals surface area contributed by atoms with E-state index in [9.17, 15) is 14.4 Å². The largest absolute Gasteiger partial charge is 0.469 e. The van der Waals surface area contributed by atoms with E-state index in [0.717, 1.165) is 0 Å². The van der Waals surface area contributed by atoms with Gasteiger partial charge in [-0.3, -0.25) is 9.59 Å². The molecule has 1 saturated heterocycles. The summed E-state index contributed by atoms with van der Waals surface area (Å²) in [6.45, 7) is 0.0842. The van der Waals surface area contributed by atoms with Gasteiger partial charge in [-0.2, -0.15) is 0 Å². The zero-order valence-electron chi connectivity index (χ0n) is 11.5. The first kappa shape index (κ1) is 15.2. The first-order valence-electron chi connectivity index (χ1n) is 6.10. The van der Waals surface area contributed by atoms with Gasteiger partial charge in [0.1, 0.15) is 0 Å². The summed E-state index contributed by atoms with van der Waals surface area (Å²) in [6.07, 6.45) is 1.34. The summed E-state index contributed by atoms with van der Waals surface area (Å²) in [5.41, 5.74) is 0.277. The molecule has 0 N–H and O–H groups in total. The Morgan fingerprint density at radius 1 is 1.38 bits per heavy atom. The van der Waals surface area contributed by atoms with Gasteiger partial charge in [-0.05, 0) is 6.07 Å². The Morgan fingerprint density at radius 2 is 2.10 bits per heavy atom. The van der Waals surface area contributed by atoms with Crippen LogP contribution in [-0.4, -0.2) is 43.6 Å². The lowest BCUT2D eigenvalue weighted by Crippen LogP contribution is -2.28. The van der Waals surface area contributed by atoms with Crippen LogP contribution in [0, 0.1) is 5.92 Å². The van der Waals surface area contributed by atoms with Gasteiger partial charge in [-0.25, -0.2) is 9.78 Å². The van der Waals surface area contributed by atoms with Crippen LogP contribution >= 0.6 is 11.6 Å². The molecule has 7 nitrogen and oxygen atoms in total. The molecule has 0 saturated carbocycles. The Bertz CT molecular complexity index is 604. The van der Waals surface area contributed by atoms with Crippen LogP contribution in [0.3, 0.4) is 0 Å². The number of amides is 1. The molecule has 0 bridgehead atoms. The highest BCUT2D eigenvalue weighted by Gasteiger charge is 2.38. The molecular weight excluding hydrogens is 300 g/mol. The maximum atomic E-state index is 12.1. The molecule has 1 aromatic rings. The number of nitrogens with zero attached hydrogens (tertiary/aromatic N) is 2. The molecule has 1 amide bonds. The molecule has 1 aliphatic rings. The van der Waals surface area contributed by atoms with E-state index in [4.69, 9.17) is 11.6 Å². The Morgan fingerprint density at radius 3 is 2.71 bits per heavy atom. The minimum absolute atomic E-state index is 0.00148. The molecular formula is C13H13ClN2O5. The van der Waals surface area contributed by atoms with Crippen LogP contribution in [0.4, 0.5) is 5.69 Å². The molecule has 0 radical (unpaired) electrons. The summed E-state index contributed by atoms with van der Waals surface area (Å²) in [5.74, 6) is -2.04.